The highest BCUT2D eigenvalue weighted by molar-refractivity contribution is 6.00. The van der Waals surface area contributed by atoms with Crippen molar-refractivity contribution in [2.45, 2.75) is 26.3 Å². The van der Waals surface area contributed by atoms with E-state index in [0.717, 1.165) is 57.2 Å². The van der Waals surface area contributed by atoms with E-state index in [2.05, 4.69) is 21.4 Å². The molecule has 2 aromatic rings. The van der Waals surface area contributed by atoms with Gasteiger partial charge in [-0.05, 0) is 12.1 Å². The van der Waals surface area contributed by atoms with Crippen molar-refractivity contribution in [3.05, 3.63) is 48.5 Å². The second-order valence-electron chi connectivity index (χ2n) is 7.80. The minimum Gasteiger partial charge on any atom is -0.340 e. The highest BCUT2D eigenvalue weighted by Gasteiger charge is 2.37. The fraction of sp³-hybridized carbons (Fsp3) is 0.500. The van der Waals surface area contributed by atoms with Crippen LogP contribution in [0.5, 0.6) is 0 Å². The molecule has 2 aliphatic rings. The first-order chi connectivity index (χ1) is 14.2. The summed E-state index contributed by atoms with van der Waals surface area (Å²) < 4.78 is 2.21. The van der Waals surface area contributed by atoms with Crippen LogP contribution >= 0.6 is 0 Å². The van der Waals surface area contributed by atoms with Gasteiger partial charge in [0.2, 0.25) is 11.8 Å². The molecule has 2 saturated heterocycles. The van der Waals surface area contributed by atoms with Crippen molar-refractivity contribution >= 4 is 17.5 Å². The second kappa shape index (κ2) is 8.78. The molecule has 2 amide bonds. The Balaban J connectivity index is 1.26. The predicted molar refractivity (Wildman–Crippen MR) is 112 cm³/mol. The summed E-state index contributed by atoms with van der Waals surface area (Å²) in [4.78, 5) is 35.8. The maximum atomic E-state index is 13.0. The number of nitrogens with zero attached hydrogens (tertiary/aromatic N) is 5. The van der Waals surface area contributed by atoms with Crippen molar-refractivity contribution in [2.75, 3.05) is 44.2 Å². The van der Waals surface area contributed by atoms with Crippen molar-refractivity contribution in [3.63, 3.8) is 0 Å². The lowest BCUT2D eigenvalue weighted by atomic mass is 10.1. The van der Waals surface area contributed by atoms with Crippen LogP contribution in [0, 0.1) is 5.92 Å². The van der Waals surface area contributed by atoms with E-state index in [9.17, 15) is 9.59 Å². The number of imidazole rings is 1. The van der Waals surface area contributed by atoms with Crippen LogP contribution in [0.3, 0.4) is 0 Å². The first-order valence-electron chi connectivity index (χ1n) is 10.5. The first kappa shape index (κ1) is 19.6. The summed E-state index contributed by atoms with van der Waals surface area (Å²) in [5.74, 6) is 1.06. The van der Waals surface area contributed by atoms with Gasteiger partial charge in [0.1, 0.15) is 5.82 Å². The summed E-state index contributed by atoms with van der Waals surface area (Å²) in [7, 11) is 0. The number of benzene rings is 1. The highest BCUT2D eigenvalue weighted by Crippen LogP contribution is 2.26. The number of rotatable bonds is 6. The van der Waals surface area contributed by atoms with Gasteiger partial charge in [0.05, 0.1) is 5.92 Å². The fourth-order valence-corrected chi connectivity index (χ4v) is 4.29. The van der Waals surface area contributed by atoms with Gasteiger partial charge in [-0.1, -0.05) is 25.1 Å². The molecule has 0 N–H and O–H groups in total. The maximum Gasteiger partial charge on any atom is 0.228 e. The quantitative estimate of drug-likeness (QED) is 0.746. The van der Waals surface area contributed by atoms with Gasteiger partial charge in [-0.15, -0.1) is 0 Å². The molecule has 7 nitrogen and oxygen atoms in total. The summed E-state index contributed by atoms with van der Waals surface area (Å²) in [6.45, 7) is 7.74. The van der Waals surface area contributed by atoms with Crippen LogP contribution in [-0.2, 0) is 22.6 Å². The average molecular weight is 396 g/mol. The number of carbonyl (C=O) groups excluding carboxylic acids is 2. The molecule has 3 heterocycles. The summed E-state index contributed by atoms with van der Waals surface area (Å²) in [5, 5.41) is 0. The van der Waals surface area contributed by atoms with Gasteiger partial charge >= 0.3 is 0 Å². The molecule has 7 heteroatoms. The SMILES string of the molecule is CCc1nccn1CCN1CCN(C(=O)C2CC(=O)N(c3ccccc3)C2)CC1. The van der Waals surface area contributed by atoms with E-state index in [1.54, 1.807) is 4.90 Å². The zero-order chi connectivity index (χ0) is 20.2. The molecule has 1 aromatic carbocycles. The number of aromatic nitrogens is 2. The average Bonchev–Trinajstić information content (AvgIpc) is 3.39. The number of hydrogen-bond donors (Lipinski definition) is 0. The Kier molecular flexibility index (Phi) is 5.94. The second-order valence-corrected chi connectivity index (χ2v) is 7.80. The Hall–Kier alpha value is -2.67. The van der Waals surface area contributed by atoms with Gasteiger partial charge < -0.3 is 14.4 Å². The van der Waals surface area contributed by atoms with Gasteiger partial charge in [0.25, 0.3) is 0 Å². The smallest absolute Gasteiger partial charge is 0.228 e. The standard InChI is InChI=1S/C22H29N5O2/c1-2-20-23-8-9-25(20)13-10-24-11-14-26(15-12-24)22(29)18-16-21(28)27(17-18)19-6-4-3-5-7-19/h3-9,18H,2,10-17H2,1H3. The van der Waals surface area contributed by atoms with Gasteiger partial charge in [0, 0.05) is 76.7 Å². The zero-order valence-electron chi connectivity index (χ0n) is 17.0. The normalized spacial score (nSPS) is 20.4. The Morgan fingerprint density at radius 2 is 1.86 bits per heavy atom. The molecule has 1 unspecified atom stereocenters. The van der Waals surface area contributed by atoms with Crippen LogP contribution in [0.1, 0.15) is 19.2 Å². The van der Waals surface area contributed by atoms with Crippen molar-refractivity contribution in [3.8, 4) is 0 Å². The van der Waals surface area contributed by atoms with Crippen LogP contribution in [0.4, 0.5) is 5.69 Å². The maximum absolute atomic E-state index is 13.0. The molecule has 1 aromatic heterocycles. The van der Waals surface area contributed by atoms with Gasteiger partial charge in [-0.3, -0.25) is 14.5 Å². The Morgan fingerprint density at radius 1 is 1.10 bits per heavy atom. The summed E-state index contributed by atoms with van der Waals surface area (Å²) >= 11 is 0. The molecule has 2 aliphatic heterocycles. The molecule has 154 valence electrons. The molecule has 0 saturated carbocycles. The highest BCUT2D eigenvalue weighted by atomic mass is 16.2. The first-order valence-corrected chi connectivity index (χ1v) is 10.5. The third-order valence-corrected chi connectivity index (χ3v) is 6.00. The van der Waals surface area contributed by atoms with Crippen LogP contribution in [-0.4, -0.2) is 70.4 Å². The van der Waals surface area contributed by atoms with Crippen molar-refractivity contribution < 1.29 is 9.59 Å². The van der Waals surface area contributed by atoms with Gasteiger partial charge in [0.15, 0.2) is 0 Å². The molecule has 29 heavy (non-hydrogen) atoms. The third-order valence-electron chi connectivity index (χ3n) is 6.00. The topological polar surface area (TPSA) is 61.7 Å². The summed E-state index contributed by atoms with van der Waals surface area (Å²) in [5.41, 5.74) is 0.878. The van der Waals surface area contributed by atoms with E-state index >= 15 is 0 Å². The molecule has 0 aliphatic carbocycles. The lowest BCUT2D eigenvalue weighted by molar-refractivity contribution is -0.137. The minimum atomic E-state index is -0.229. The van der Waals surface area contributed by atoms with Crippen molar-refractivity contribution in [1.82, 2.24) is 19.4 Å². The minimum absolute atomic E-state index is 0.0419. The van der Waals surface area contributed by atoms with E-state index in [-0.39, 0.29) is 17.7 Å². The van der Waals surface area contributed by atoms with Crippen molar-refractivity contribution in [1.29, 1.82) is 0 Å². The fourth-order valence-electron chi connectivity index (χ4n) is 4.29. The van der Waals surface area contributed by atoms with Crippen LogP contribution in [0.25, 0.3) is 0 Å². The van der Waals surface area contributed by atoms with E-state index in [4.69, 9.17) is 0 Å². The van der Waals surface area contributed by atoms with Crippen LogP contribution in [0.2, 0.25) is 0 Å². The Morgan fingerprint density at radius 3 is 2.59 bits per heavy atom. The number of carbonyl (C=O) groups is 2. The molecular formula is C22H29N5O2. The Labute approximate surface area is 171 Å². The zero-order valence-corrected chi connectivity index (χ0v) is 17.0. The predicted octanol–water partition coefficient (Wildman–Crippen LogP) is 1.64. The number of aryl methyl sites for hydroxylation is 1. The number of para-hydroxylation sites is 1. The van der Waals surface area contributed by atoms with Gasteiger partial charge in [-0.2, -0.15) is 0 Å². The molecule has 0 spiro atoms. The monoisotopic (exact) mass is 395 g/mol. The summed E-state index contributed by atoms with van der Waals surface area (Å²) in [6.07, 6.45) is 5.15. The van der Waals surface area contributed by atoms with Crippen LogP contribution < -0.4 is 4.90 Å². The summed E-state index contributed by atoms with van der Waals surface area (Å²) in [6, 6.07) is 9.62. The molecule has 0 bridgehead atoms. The third kappa shape index (κ3) is 4.34. The van der Waals surface area contributed by atoms with Gasteiger partial charge in [-0.25, -0.2) is 4.98 Å². The molecule has 1 atom stereocenters. The number of anilines is 1. The number of piperazine rings is 1. The molecule has 4 rings (SSSR count). The molecular weight excluding hydrogens is 366 g/mol. The van der Waals surface area contributed by atoms with Crippen LogP contribution in [0.15, 0.2) is 42.7 Å². The van der Waals surface area contributed by atoms with E-state index in [1.807, 2.05) is 47.6 Å². The lowest BCUT2D eigenvalue weighted by Gasteiger charge is -2.36. The van der Waals surface area contributed by atoms with E-state index in [1.165, 1.54) is 0 Å². The Bertz CT molecular complexity index is 842. The molecule has 0 radical (unpaired) electrons. The number of hydrogen-bond acceptors (Lipinski definition) is 4. The number of amides is 2. The van der Waals surface area contributed by atoms with E-state index in [0.29, 0.717) is 13.0 Å². The van der Waals surface area contributed by atoms with E-state index < -0.39 is 0 Å². The molecule has 2 fully saturated rings. The van der Waals surface area contributed by atoms with Crippen molar-refractivity contribution in [2.24, 2.45) is 5.92 Å². The largest absolute Gasteiger partial charge is 0.340 e. The lowest BCUT2D eigenvalue weighted by Crippen LogP contribution is -2.51.